The van der Waals surface area contributed by atoms with E-state index in [0.29, 0.717) is 5.56 Å². The molecule has 0 bridgehead atoms. The van der Waals surface area contributed by atoms with Gasteiger partial charge in [0.2, 0.25) is 0 Å². The van der Waals surface area contributed by atoms with E-state index in [0.717, 1.165) is 15.3 Å². The van der Waals surface area contributed by atoms with Gasteiger partial charge in [-0.05, 0) is 22.9 Å². The predicted molar refractivity (Wildman–Crippen MR) is 81.9 cm³/mol. The van der Waals surface area contributed by atoms with Crippen LogP contribution in [0.2, 0.25) is 0 Å². The molecule has 0 unspecified atom stereocenters. The molecular formula is C16H11BF2N2O. The molecule has 3 nitrogen and oxygen atoms in total. The van der Waals surface area contributed by atoms with Crippen LogP contribution in [0.15, 0.2) is 60.8 Å². The van der Waals surface area contributed by atoms with Crippen LogP contribution >= 0.6 is 0 Å². The van der Waals surface area contributed by atoms with Crippen molar-refractivity contribution in [2.45, 2.75) is 0 Å². The number of nitrogens with zero attached hydrogens (tertiary/aromatic N) is 2. The fraction of sp³-hybridized carbons (Fsp3) is 0. The van der Waals surface area contributed by atoms with Gasteiger partial charge < -0.3 is 17.8 Å². The van der Waals surface area contributed by atoms with Crippen LogP contribution in [0.3, 0.4) is 0 Å². The maximum atomic E-state index is 14.3. The number of halogens is 2. The van der Waals surface area contributed by atoms with Gasteiger partial charge in [-0.3, -0.25) is 0 Å². The van der Waals surface area contributed by atoms with Crippen molar-refractivity contribution < 1.29 is 17.8 Å². The van der Waals surface area contributed by atoms with Crippen LogP contribution in [0, 0.1) is 0 Å². The Morgan fingerprint density at radius 2 is 1.77 bits per heavy atom. The zero-order valence-corrected chi connectivity index (χ0v) is 11.5. The Kier molecular flexibility index (Phi) is 2.72. The SMILES string of the molecule is F[B-]1(F)Oc2ccc3ccccc3c2C=[N+]1c1ccccn1. The van der Waals surface area contributed by atoms with Gasteiger partial charge in [-0.2, -0.15) is 0 Å². The molecule has 0 atom stereocenters. The Hall–Kier alpha value is -2.76. The molecule has 0 N–H and O–H groups in total. The van der Waals surface area contributed by atoms with Crippen molar-refractivity contribution in [1.29, 1.82) is 0 Å². The average Bonchev–Trinajstić information content (AvgIpc) is 2.54. The number of aromatic nitrogens is 1. The summed E-state index contributed by atoms with van der Waals surface area (Å²) >= 11 is 0. The fourth-order valence-corrected chi connectivity index (χ4v) is 2.67. The summed E-state index contributed by atoms with van der Waals surface area (Å²) in [5, 5.41) is 1.84. The molecule has 1 aromatic heterocycles. The number of fused-ring (bicyclic) bond motifs is 3. The molecule has 1 aliphatic rings. The van der Waals surface area contributed by atoms with Crippen molar-refractivity contribution in [3.63, 3.8) is 0 Å². The van der Waals surface area contributed by atoms with Crippen LogP contribution < -0.4 is 4.65 Å². The van der Waals surface area contributed by atoms with Crippen LogP contribution in [0.25, 0.3) is 10.8 Å². The summed E-state index contributed by atoms with van der Waals surface area (Å²) in [6.07, 6.45) is 2.90. The average molecular weight is 296 g/mol. The van der Waals surface area contributed by atoms with Gasteiger partial charge in [-0.15, -0.1) is 0 Å². The zero-order valence-electron chi connectivity index (χ0n) is 11.5. The highest BCUT2D eigenvalue weighted by Crippen LogP contribution is 2.34. The second-order valence-corrected chi connectivity index (χ2v) is 5.10. The Balaban J connectivity index is 2.00. The molecule has 0 fully saturated rings. The van der Waals surface area contributed by atoms with E-state index in [1.807, 2.05) is 24.3 Å². The Bertz CT molecular complexity index is 897. The van der Waals surface area contributed by atoms with Crippen molar-refractivity contribution in [2.24, 2.45) is 0 Å². The minimum atomic E-state index is -4.20. The molecule has 2 aromatic carbocycles. The van der Waals surface area contributed by atoms with Gasteiger partial charge in [0, 0.05) is 6.07 Å². The van der Waals surface area contributed by atoms with Crippen LogP contribution in [0.5, 0.6) is 5.75 Å². The van der Waals surface area contributed by atoms with E-state index >= 15 is 0 Å². The third-order valence-electron chi connectivity index (χ3n) is 3.71. The molecule has 2 heterocycles. The van der Waals surface area contributed by atoms with E-state index in [2.05, 4.69) is 4.98 Å². The molecular weight excluding hydrogens is 285 g/mol. The number of pyridine rings is 1. The summed E-state index contributed by atoms with van der Waals surface area (Å²) in [6, 6.07) is 15.9. The van der Waals surface area contributed by atoms with Crippen molar-refractivity contribution in [1.82, 2.24) is 4.98 Å². The first-order chi connectivity index (χ1) is 10.6. The van der Waals surface area contributed by atoms with Crippen LogP contribution in [-0.2, 0) is 0 Å². The van der Waals surface area contributed by atoms with Crippen molar-refractivity contribution >= 4 is 29.8 Å². The largest absolute Gasteiger partial charge is 0.734 e. The number of hydrogen-bond acceptors (Lipinski definition) is 2. The lowest BCUT2D eigenvalue weighted by Gasteiger charge is -2.31. The molecule has 0 amide bonds. The molecule has 22 heavy (non-hydrogen) atoms. The third-order valence-corrected chi connectivity index (χ3v) is 3.71. The molecule has 1 aliphatic heterocycles. The standard InChI is InChI=1S/C16H11BF2N2O/c18-17(19)21(16-7-3-4-10-20-16)11-14-13-6-2-1-5-12(13)8-9-15(14)22-17/h1-11H. The first kappa shape index (κ1) is 12.9. The van der Waals surface area contributed by atoms with E-state index in [1.165, 1.54) is 18.5 Å². The first-order valence-electron chi connectivity index (χ1n) is 6.91. The van der Waals surface area contributed by atoms with Gasteiger partial charge in [0.15, 0.2) is 0 Å². The van der Waals surface area contributed by atoms with Crippen LogP contribution in [0.4, 0.5) is 14.4 Å². The minimum absolute atomic E-state index is 0.158. The number of rotatable bonds is 1. The quantitative estimate of drug-likeness (QED) is 0.639. The topological polar surface area (TPSA) is 25.1 Å². The van der Waals surface area contributed by atoms with Gasteiger partial charge in [-0.25, -0.2) is 0 Å². The fourth-order valence-electron chi connectivity index (χ4n) is 2.67. The van der Waals surface area contributed by atoms with E-state index in [4.69, 9.17) is 4.65 Å². The molecule has 108 valence electrons. The number of hydrogen-bond donors (Lipinski definition) is 0. The van der Waals surface area contributed by atoms with Crippen LogP contribution in [0.1, 0.15) is 5.56 Å². The predicted octanol–water partition coefficient (Wildman–Crippen LogP) is 3.76. The zero-order chi connectivity index (χ0) is 15.2. The molecule has 0 spiro atoms. The first-order valence-corrected chi connectivity index (χ1v) is 6.91. The number of benzene rings is 2. The maximum Gasteiger partial charge on any atom is 0.734 e. The molecule has 4 rings (SSSR count). The van der Waals surface area contributed by atoms with E-state index < -0.39 is 7.04 Å². The van der Waals surface area contributed by atoms with E-state index in [1.54, 1.807) is 24.3 Å². The second-order valence-electron chi connectivity index (χ2n) is 5.10. The molecule has 0 radical (unpaired) electrons. The lowest BCUT2D eigenvalue weighted by atomic mass is 9.96. The highest BCUT2D eigenvalue weighted by atomic mass is 19.3. The Labute approximate surface area is 125 Å². The molecule has 6 heteroatoms. The monoisotopic (exact) mass is 296 g/mol. The van der Waals surface area contributed by atoms with E-state index in [9.17, 15) is 8.63 Å². The van der Waals surface area contributed by atoms with Crippen molar-refractivity contribution in [2.75, 3.05) is 0 Å². The lowest BCUT2D eigenvalue weighted by Crippen LogP contribution is -2.46. The molecule has 0 aliphatic carbocycles. The highest BCUT2D eigenvalue weighted by molar-refractivity contribution is 6.53. The second kappa shape index (κ2) is 4.63. The normalized spacial score (nSPS) is 15.8. The van der Waals surface area contributed by atoms with Gasteiger partial charge in [0.25, 0.3) is 5.82 Å². The van der Waals surface area contributed by atoms with Gasteiger partial charge >= 0.3 is 7.04 Å². The third kappa shape index (κ3) is 1.96. The summed E-state index contributed by atoms with van der Waals surface area (Å²) in [5.74, 6) is 0.349. The van der Waals surface area contributed by atoms with Gasteiger partial charge in [0.1, 0.15) is 6.20 Å². The minimum Gasteiger partial charge on any atom is -0.623 e. The van der Waals surface area contributed by atoms with Gasteiger partial charge in [-0.1, -0.05) is 41.4 Å². The van der Waals surface area contributed by atoms with Crippen molar-refractivity contribution in [3.8, 4) is 5.75 Å². The van der Waals surface area contributed by atoms with Crippen molar-refractivity contribution in [3.05, 3.63) is 66.4 Å². The van der Waals surface area contributed by atoms with Gasteiger partial charge in [0.05, 0.1) is 17.5 Å². The van der Waals surface area contributed by atoms with Crippen LogP contribution in [-0.4, -0.2) is 22.7 Å². The smallest absolute Gasteiger partial charge is 0.623 e. The summed E-state index contributed by atoms with van der Waals surface area (Å²) < 4.78 is 34.4. The molecule has 3 aromatic rings. The molecule has 0 saturated heterocycles. The van der Waals surface area contributed by atoms with E-state index in [-0.39, 0.29) is 11.6 Å². The highest BCUT2D eigenvalue weighted by Gasteiger charge is 2.45. The summed E-state index contributed by atoms with van der Waals surface area (Å²) in [6.45, 7) is 0. The summed E-state index contributed by atoms with van der Waals surface area (Å²) in [7, 11) is -4.20. The molecule has 0 saturated carbocycles. The lowest BCUT2D eigenvalue weighted by molar-refractivity contribution is -0.348. The Morgan fingerprint density at radius 3 is 2.59 bits per heavy atom. The summed E-state index contributed by atoms with van der Waals surface area (Å²) in [4.78, 5) is 4.00. The summed E-state index contributed by atoms with van der Waals surface area (Å²) in [5.41, 5.74) is 0.636. The Morgan fingerprint density at radius 1 is 0.955 bits per heavy atom. The maximum absolute atomic E-state index is 14.3.